The van der Waals surface area contributed by atoms with Crippen molar-refractivity contribution >= 4 is 23.4 Å². The van der Waals surface area contributed by atoms with Gasteiger partial charge in [-0.1, -0.05) is 74.8 Å². The van der Waals surface area contributed by atoms with Gasteiger partial charge in [0.2, 0.25) is 11.8 Å². The quantitative estimate of drug-likeness (QED) is 0.536. The molecule has 0 radical (unpaired) electrons. The highest BCUT2D eigenvalue weighted by Crippen LogP contribution is 2.21. The summed E-state index contributed by atoms with van der Waals surface area (Å²) in [6, 6.07) is 15.3. The molecule has 0 bridgehead atoms. The molecule has 162 valence electrons. The number of carbonyl (C=O) groups excluding carboxylic acids is 2. The molecule has 30 heavy (non-hydrogen) atoms. The van der Waals surface area contributed by atoms with E-state index < -0.39 is 6.04 Å². The summed E-state index contributed by atoms with van der Waals surface area (Å²) in [5.74, 6) is -0.139. The first-order valence-electron chi connectivity index (χ1n) is 10.9. The maximum Gasteiger partial charge on any atom is 0.242 e. The second-order valence-electron chi connectivity index (χ2n) is 7.50. The summed E-state index contributed by atoms with van der Waals surface area (Å²) in [4.78, 5) is 27.7. The Hall–Kier alpha value is -2.33. The largest absolute Gasteiger partial charge is 0.354 e. The van der Waals surface area contributed by atoms with Gasteiger partial charge < -0.3 is 10.2 Å². The molecule has 2 aromatic rings. The molecule has 0 aliphatic heterocycles. The number of nitrogens with one attached hydrogen (secondary N) is 1. The lowest BCUT2D eigenvalue weighted by Gasteiger charge is -2.31. The van der Waals surface area contributed by atoms with E-state index in [1.165, 1.54) is 5.56 Å². The van der Waals surface area contributed by atoms with E-state index in [9.17, 15) is 9.59 Å². The zero-order chi connectivity index (χ0) is 21.9. The fourth-order valence-corrected chi connectivity index (χ4v) is 3.63. The van der Waals surface area contributed by atoms with Crippen LogP contribution in [0.25, 0.3) is 0 Å². The average Bonchev–Trinajstić information content (AvgIpc) is 2.77. The van der Waals surface area contributed by atoms with E-state index in [1.807, 2.05) is 38.1 Å². The first-order chi connectivity index (χ1) is 14.5. The molecular formula is C25H33ClN2O2. The van der Waals surface area contributed by atoms with Gasteiger partial charge in [0, 0.05) is 24.5 Å². The number of amides is 2. The van der Waals surface area contributed by atoms with E-state index in [-0.39, 0.29) is 11.8 Å². The lowest BCUT2D eigenvalue weighted by atomic mass is 10.0. The van der Waals surface area contributed by atoms with Gasteiger partial charge in [0.15, 0.2) is 0 Å². The van der Waals surface area contributed by atoms with Crippen molar-refractivity contribution in [3.8, 4) is 0 Å². The Morgan fingerprint density at radius 3 is 2.27 bits per heavy atom. The first kappa shape index (κ1) is 23.9. The Bertz CT molecular complexity index is 820. The summed E-state index contributed by atoms with van der Waals surface area (Å²) in [6.45, 7) is 7.00. The predicted molar refractivity (Wildman–Crippen MR) is 124 cm³/mol. The molecule has 2 amide bonds. The maximum atomic E-state index is 13.2. The lowest BCUT2D eigenvalue weighted by Crippen LogP contribution is -2.49. The Kier molecular flexibility index (Phi) is 9.88. The van der Waals surface area contributed by atoms with E-state index in [2.05, 4.69) is 36.5 Å². The van der Waals surface area contributed by atoms with Gasteiger partial charge in [0.1, 0.15) is 6.04 Å². The highest BCUT2D eigenvalue weighted by molar-refractivity contribution is 6.31. The number of hydrogen-bond donors (Lipinski definition) is 1. The van der Waals surface area contributed by atoms with Gasteiger partial charge in [-0.3, -0.25) is 9.59 Å². The second-order valence-corrected chi connectivity index (χ2v) is 7.91. The van der Waals surface area contributed by atoms with E-state index >= 15 is 0 Å². The molecule has 2 aromatic carbocycles. The number of halogens is 1. The zero-order valence-electron chi connectivity index (χ0n) is 18.3. The van der Waals surface area contributed by atoms with Crippen LogP contribution in [0.4, 0.5) is 0 Å². The number of benzene rings is 2. The van der Waals surface area contributed by atoms with Crippen LogP contribution >= 0.6 is 11.6 Å². The van der Waals surface area contributed by atoms with Crippen LogP contribution in [0.5, 0.6) is 0 Å². The third-order valence-electron chi connectivity index (χ3n) is 5.29. The number of nitrogens with zero attached hydrogens (tertiary/aromatic N) is 1. The molecule has 4 nitrogen and oxygen atoms in total. The Morgan fingerprint density at radius 2 is 1.67 bits per heavy atom. The Morgan fingerprint density at radius 1 is 1.00 bits per heavy atom. The SMILES string of the molecule is CCCNC(=O)C(CC)N(Cc1ccccc1Cl)C(=O)CCc1ccc(CC)cc1. The number of aryl methyl sites for hydroxylation is 2. The summed E-state index contributed by atoms with van der Waals surface area (Å²) in [6.07, 6.45) is 3.41. The molecule has 1 atom stereocenters. The molecular weight excluding hydrogens is 396 g/mol. The average molecular weight is 429 g/mol. The fourth-order valence-electron chi connectivity index (χ4n) is 3.43. The van der Waals surface area contributed by atoms with Crippen molar-refractivity contribution in [1.82, 2.24) is 10.2 Å². The van der Waals surface area contributed by atoms with E-state index in [0.717, 1.165) is 24.0 Å². The molecule has 0 fully saturated rings. The van der Waals surface area contributed by atoms with Crippen molar-refractivity contribution in [2.24, 2.45) is 0 Å². The third kappa shape index (κ3) is 6.88. The summed E-state index contributed by atoms with van der Waals surface area (Å²) < 4.78 is 0. The molecule has 1 unspecified atom stereocenters. The van der Waals surface area contributed by atoms with Crippen molar-refractivity contribution in [2.45, 2.75) is 65.5 Å². The molecule has 1 N–H and O–H groups in total. The molecule has 0 spiro atoms. The van der Waals surface area contributed by atoms with Gasteiger partial charge in [0.25, 0.3) is 0 Å². The minimum atomic E-state index is -0.511. The van der Waals surface area contributed by atoms with Crippen molar-refractivity contribution in [3.05, 3.63) is 70.2 Å². The maximum absolute atomic E-state index is 13.2. The van der Waals surface area contributed by atoms with Gasteiger partial charge in [-0.2, -0.15) is 0 Å². The van der Waals surface area contributed by atoms with Crippen LogP contribution in [0.3, 0.4) is 0 Å². The van der Waals surface area contributed by atoms with Crippen LogP contribution in [0.15, 0.2) is 48.5 Å². The molecule has 0 saturated carbocycles. The smallest absolute Gasteiger partial charge is 0.242 e. The first-order valence-corrected chi connectivity index (χ1v) is 11.3. The van der Waals surface area contributed by atoms with Crippen LogP contribution < -0.4 is 5.32 Å². The van der Waals surface area contributed by atoms with Crippen LogP contribution in [-0.2, 0) is 29.0 Å². The second kappa shape index (κ2) is 12.4. The topological polar surface area (TPSA) is 49.4 Å². The number of rotatable bonds is 11. The zero-order valence-corrected chi connectivity index (χ0v) is 19.0. The number of hydrogen-bond acceptors (Lipinski definition) is 2. The van der Waals surface area contributed by atoms with Gasteiger partial charge in [-0.05, 0) is 48.4 Å². The molecule has 0 aliphatic carbocycles. The highest BCUT2D eigenvalue weighted by atomic mass is 35.5. The van der Waals surface area contributed by atoms with Crippen LogP contribution in [0.2, 0.25) is 5.02 Å². The van der Waals surface area contributed by atoms with Crippen LogP contribution in [0.1, 0.15) is 56.7 Å². The van der Waals surface area contributed by atoms with Crippen molar-refractivity contribution in [1.29, 1.82) is 0 Å². The van der Waals surface area contributed by atoms with E-state index in [0.29, 0.717) is 37.4 Å². The van der Waals surface area contributed by atoms with Crippen molar-refractivity contribution < 1.29 is 9.59 Å². The molecule has 0 aliphatic rings. The van der Waals surface area contributed by atoms with E-state index in [4.69, 9.17) is 11.6 Å². The number of carbonyl (C=O) groups is 2. The standard InChI is InChI=1S/C25H33ClN2O2/c1-4-17-27-25(30)23(6-3)28(18-21-9-7-8-10-22(21)26)24(29)16-15-20-13-11-19(5-2)12-14-20/h7-14,23H,4-6,15-18H2,1-3H3,(H,27,30). The predicted octanol–water partition coefficient (Wildman–Crippen LogP) is 5.17. The molecule has 2 rings (SSSR count). The van der Waals surface area contributed by atoms with Crippen LogP contribution in [0, 0.1) is 0 Å². The lowest BCUT2D eigenvalue weighted by molar-refractivity contribution is -0.141. The molecule has 0 aromatic heterocycles. The summed E-state index contributed by atoms with van der Waals surface area (Å²) >= 11 is 6.35. The minimum Gasteiger partial charge on any atom is -0.354 e. The van der Waals surface area contributed by atoms with Gasteiger partial charge >= 0.3 is 0 Å². The third-order valence-corrected chi connectivity index (χ3v) is 5.66. The fraction of sp³-hybridized carbons (Fsp3) is 0.440. The minimum absolute atomic E-state index is 0.0343. The van der Waals surface area contributed by atoms with Gasteiger partial charge in [-0.25, -0.2) is 0 Å². The normalized spacial score (nSPS) is 11.7. The molecule has 5 heteroatoms. The van der Waals surface area contributed by atoms with Crippen LogP contribution in [-0.4, -0.2) is 29.3 Å². The van der Waals surface area contributed by atoms with E-state index in [1.54, 1.807) is 4.90 Å². The molecule has 0 saturated heterocycles. The summed E-state index contributed by atoms with van der Waals surface area (Å²) in [7, 11) is 0. The molecule has 0 heterocycles. The summed E-state index contributed by atoms with van der Waals surface area (Å²) in [5.41, 5.74) is 3.26. The monoisotopic (exact) mass is 428 g/mol. The Balaban J connectivity index is 2.18. The Labute approximate surface area is 185 Å². The van der Waals surface area contributed by atoms with Gasteiger partial charge in [0.05, 0.1) is 0 Å². The van der Waals surface area contributed by atoms with Gasteiger partial charge in [-0.15, -0.1) is 0 Å². The summed E-state index contributed by atoms with van der Waals surface area (Å²) in [5, 5.41) is 3.55. The highest BCUT2D eigenvalue weighted by Gasteiger charge is 2.28. The van der Waals surface area contributed by atoms with Crippen molar-refractivity contribution in [2.75, 3.05) is 6.54 Å². The van der Waals surface area contributed by atoms with Crippen molar-refractivity contribution in [3.63, 3.8) is 0 Å².